The van der Waals surface area contributed by atoms with Crippen LogP contribution < -0.4 is 10.6 Å². The van der Waals surface area contributed by atoms with Gasteiger partial charge in [-0.1, -0.05) is 0 Å². The van der Waals surface area contributed by atoms with Crippen LogP contribution in [0.4, 0.5) is 23.7 Å². The first-order valence-electron chi connectivity index (χ1n) is 6.75. The summed E-state index contributed by atoms with van der Waals surface area (Å²) < 4.78 is 37.2. The second-order valence-electron chi connectivity index (χ2n) is 5.24. The largest absolute Gasteiger partial charge is 0.416 e. The summed E-state index contributed by atoms with van der Waals surface area (Å²) in [5.41, 5.74) is -0.458. The van der Waals surface area contributed by atoms with Gasteiger partial charge in [-0.3, -0.25) is 0 Å². The Hall–Kier alpha value is -1.76. The molecule has 0 saturated heterocycles. The van der Waals surface area contributed by atoms with E-state index in [9.17, 15) is 23.1 Å². The highest BCUT2D eigenvalue weighted by molar-refractivity contribution is 5.89. The van der Waals surface area contributed by atoms with Crippen LogP contribution in [0.25, 0.3) is 0 Å². The molecule has 1 aromatic carbocycles. The molecule has 0 radical (unpaired) electrons. The van der Waals surface area contributed by atoms with E-state index in [1.165, 1.54) is 12.1 Å². The highest BCUT2D eigenvalue weighted by atomic mass is 19.4. The van der Waals surface area contributed by atoms with Gasteiger partial charge in [0, 0.05) is 12.2 Å². The number of alkyl halides is 3. The van der Waals surface area contributed by atoms with Crippen molar-refractivity contribution in [1.82, 2.24) is 5.32 Å². The second-order valence-corrected chi connectivity index (χ2v) is 5.24. The fraction of sp³-hybridized carbons (Fsp3) is 0.500. The summed E-state index contributed by atoms with van der Waals surface area (Å²) in [6.45, 7) is 0.448. The summed E-state index contributed by atoms with van der Waals surface area (Å²) in [4.78, 5) is 11.6. The van der Waals surface area contributed by atoms with Gasteiger partial charge >= 0.3 is 12.2 Å². The second kappa shape index (κ2) is 6.34. The summed E-state index contributed by atoms with van der Waals surface area (Å²) in [6.07, 6.45) is -2.41. The average Bonchev–Trinajstić information content (AvgIpc) is 2.82. The van der Waals surface area contributed by atoms with Gasteiger partial charge in [-0.15, -0.1) is 0 Å². The van der Waals surface area contributed by atoms with Crippen LogP contribution in [0.2, 0.25) is 0 Å². The first-order chi connectivity index (χ1) is 9.84. The number of carbonyl (C=O) groups is 1. The first kappa shape index (κ1) is 15.6. The van der Waals surface area contributed by atoms with Gasteiger partial charge in [0.15, 0.2) is 0 Å². The molecule has 2 atom stereocenters. The van der Waals surface area contributed by atoms with Gasteiger partial charge in [-0.25, -0.2) is 4.79 Å². The molecule has 0 bridgehead atoms. The van der Waals surface area contributed by atoms with Crippen molar-refractivity contribution in [2.75, 3.05) is 11.9 Å². The van der Waals surface area contributed by atoms with Gasteiger partial charge in [0.1, 0.15) is 0 Å². The molecule has 2 rings (SSSR count). The van der Waals surface area contributed by atoms with Crippen LogP contribution in [0.5, 0.6) is 0 Å². The lowest BCUT2D eigenvalue weighted by Crippen LogP contribution is -2.32. The van der Waals surface area contributed by atoms with Crippen molar-refractivity contribution >= 4 is 11.7 Å². The zero-order valence-corrected chi connectivity index (χ0v) is 11.3. The number of halogens is 3. The van der Waals surface area contributed by atoms with Gasteiger partial charge in [-0.05, 0) is 49.4 Å². The minimum Gasteiger partial charge on any atom is -0.393 e. The van der Waals surface area contributed by atoms with Gasteiger partial charge in [-0.2, -0.15) is 13.2 Å². The number of benzene rings is 1. The molecule has 1 saturated carbocycles. The number of hydrogen-bond acceptors (Lipinski definition) is 2. The van der Waals surface area contributed by atoms with Gasteiger partial charge < -0.3 is 15.7 Å². The lowest BCUT2D eigenvalue weighted by molar-refractivity contribution is -0.137. The summed E-state index contributed by atoms with van der Waals surface area (Å²) in [7, 11) is 0. The molecule has 1 aromatic rings. The van der Waals surface area contributed by atoms with Crippen LogP contribution in [0.3, 0.4) is 0 Å². The van der Waals surface area contributed by atoms with Crippen LogP contribution >= 0.6 is 0 Å². The Morgan fingerprint density at radius 1 is 1.24 bits per heavy atom. The highest BCUT2D eigenvalue weighted by Gasteiger charge is 2.30. The molecule has 2 unspecified atom stereocenters. The molecule has 0 spiro atoms. The number of urea groups is 1. The van der Waals surface area contributed by atoms with Gasteiger partial charge in [0.05, 0.1) is 11.7 Å². The van der Waals surface area contributed by atoms with E-state index in [2.05, 4.69) is 10.6 Å². The molecule has 0 aliphatic heterocycles. The predicted molar refractivity (Wildman–Crippen MR) is 71.8 cm³/mol. The molecule has 0 heterocycles. The number of aliphatic hydroxyl groups excluding tert-OH is 1. The number of rotatable bonds is 3. The van der Waals surface area contributed by atoms with E-state index in [0.717, 1.165) is 25.0 Å². The number of aliphatic hydroxyl groups is 1. The maximum atomic E-state index is 12.4. The Morgan fingerprint density at radius 3 is 2.43 bits per heavy atom. The highest BCUT2D eigenvalue weighted by Crippen LogP contribution is 2.29. The normalized spacial score (nSPS) is 22.1. The summed E-state index contributed by atoms with van der Waals surface area (Å²) in [5.74, 6) is 0.248. The zero-order chi connectivity index (χ0) is 15.5. The van der Waals surface area contributed by atoms with Crippen molar-refractivity contribution in [3.05, 3.63) is 29.8 Å². The van der Waals surface area contributed by atoms with E-state index in [4.69, 9.17) is 0 Å². The van der Waals surface area contributed by atoms with Crippen molar-refractivity contribution in [3.63, 3.8) is 0 Å². The monoisotopic (exact) mass is 302 g/mol. The van der Waals surface area contributed by atoms with Crippen LogP contribution in [-0.2, 0) is 6.18 Å². The zero-order valence-electron chi connectivity index (χ0n) is 11.3. The maximum absolute atomic E-state index is 12.4. The Balaban J connectivity index is 1.80. The van der Waals surface area contributed by atoms with Crippen molar-refractivity contribution in [2.45, 2.75) is 31.5 Å². The molecular weight excluding hydrogens is 285 g/mol. The molecule has 2 amide bonds. The molecule has 1 aliphatic rings. The third-order valence-electron chi connectivity index (χ3n) is 3.53. The van der Waals surface area contributed by atoms with Crippen LogP contribution in [0.15, 0.2) is 24.3 Å². The third-order valence-corrected chi connectivity index (χ3v) is 3.53. The summed E-state index contributed by atoms with van der Waals surface area (Å²) in [5, 5.41) is 14.5. The molecular formula is C14H17F3N2O2. The number of amides is 2. The van der Waals surface area contributed by atoms with Crippen molar-refractivity contribution in [2.24, 2.45) is 5.92 Å². The number of anilines is 1. The first-order valence-corrected chi connectivity index (χ1v) is 6.75. The number of carbonyl (C=O) groups excluding carboxylic acids is 1. The van der Waals surface area contributed by atoms with E-state index in [1.807, 2.05) is 0 Å². The molecule has 3 N–H and O–H groups in total. The quantitative estimate of drug-likeness (QED) is 0.804. The molecule has 1 aliphatic carbocycles. The Labute approximate surface area is 120 Å². The van der Waals surface area contributed by atoms with E-state index in [0.29, 0.717) is 18.7 Å². The Morgan fingerprint density at radius 2 is 1.90 bits per heavy atom. The summed E-state index contributed by atoms with van der Waals surface area (Å²) in [6, 6.07) is 3.80. The molecule has 7 heteroatoms. The maximum Gasteiger partial charge on any atom is 0.416 e. The van der Waals surface area contributed by atoms with Crippen LogP contribution in [0, 0.1) is 5.92 Å². The van der Waals surface area contributed by atoms with Crippen molar-refractivity contribution in [1.29, 1.82) is 0 Å². The average molecular weight is 302 g/mol. The fourth-order valence-electron chi connectivity index (χ4n) is 2.39. The fourth-order valence-corrected chi connectivity index (χ4v) is 2.39. The smallest absolute Gasteiger partial charge is 0.393 e. The molecule has 4 nitrogen and oxygen atoms in total. The van der Waals surface area contributed by atoms with Crippen LogP contribution in [0.1, 0.15) is 24.8 Å². The lowest BCUT2D eigenvalue weighted by atomic mass is 10.1. The Kier molecular flexibility index (Phi) is 4.72. The minimum absolute atomic E-state index is 0.248. The van der Waals surface area contributed by atoms with Crippen molar-refractivity contribution in [3.8, 4) is 0 Å². The topological polar surface area (TPSA) is 61.4 Å². The molecule has 116 valence electrons. The lowest BCUT2D eigenvalue weighted by Gasteiger charge is -2.12. The third kappa shape index (κ3) is 4.63. The van der Waals surface area contributed by atoms with Gasteiger partial charge in [0.2, 0.25) is 0 Å². The van der Waals surface area contributed by atoms with E-state index >= 15 is 0 Å². The van der Waals surface area contributed by atoms with E-state index < -0.39 is 17.8 Å². The number of hydrogen-bond donors (Lipinski definition) is 3. The standard InChI is InChI=1S/C14H17F3N2O2/c15-14(16,17)10-2-4-11(5-3-10)19-13(21)18-8-9-1-6-12(20)7-9/h2-5,9,12,20H,1,6-8H2,(H2,18,19,21). The van der Waals surface area contributed by atoms with Crippen molar-refractivity contribution < 1.29 is 23.1 Å². The summed E-state index contributed by atoms with van der Waals surface area (Å²) >= 11 is 0. The Bertz CT molecular complexity index is 488. The van der Waals surface area contributed by atoms with Gasteiger partial charge in [0.25, 0.3) is 0 Å². The van der Waals surface area contributed by atoms with E-state index in [-0.39, 0.29) is 12.0 Å². The molecule has 21 heavy (non-hydrogen) atoms. The van der Waals surface area contributed by atoms with Crippen LogP contribution in [-0.4, -0.2) is 23.8 Å². The minimum atomic E-state index is -4.38. The van der Waals surface area contributed by atoms with E-state index in [1.54, 1.807) is 0 Å². The SMILES string of the molecule is O=C(NCC1CCC(O)C1)Nc1ccc(C(F)(F)F)cc1. The predicted octanol–water partition coefficient (Wildman–Crippen LogP) is 2.99. The molecule has 1 fully saturated rings. The number of nitrogens with one attached hydrogen (secondary N) is 2. The molecule has 0 aromatic heterocycles.